The van der Waals surface area contributed by atoms with Gasteiger partial charge in [-0.1, -0.05) is 32.4 Å². The van der Waals surface area contributed by atoms with Crippen LogP contribution in [0.25, 0.3) is 0 Å². The molecule has 1 aromatic carbocycles. The Hall–Kier alpha value is -0.890. The molecular weight excluding hydrogens is 270 g/mol. The van der Waals surface area contributed by atoms with E-state index in [0.717, 1.165) is 17.4 Å². The lowest BCUT2D eigenvalue weighted by Gasteiger charge is -2.37. The van der Waals surface area contributed by atoms with Gasteiger partial charge in [0.25, 0.3) is 0 Å². The van der Waals surface area contributed by atoms with Crippen molar-refractivity contribution >= 4 is 17.3 Å². The zero-order valence-electron chi connectivity index (χ0n) is 13.0. The van der Waals surface area contributed by atoms with Crippen molar-refractivity contribution in [2.24, 2.45) is 11.3 Å². The molecule has 20 heavy (non-hydrogen) atoms. The van der Waals surface area contributed by atoms with Gasteiger partial charge in [-0.25, -0.2) is 0 Å². The van der Waals surface area contributed by atoms with E-state index in [1.54, 1.807) is 7.11 Å². The van der Waals surface area contributed by atoms with Crippen LogP contribution in [0.4, 0.5) is 5.69 Å². The summed E-state index contributed by atoms with van der Waals surface area (Å²) in [5, 5.41) is 4.28. The molecule has 1 fully saturated rings. The fourth-order valence-electron chi connectivity index (χ4n) is 3.09. The van der Waals surface area contributed by atoms with Crippen LogP contribution in [-0.2, 0) is 0 Å². The van der Waals surface area contributed by atoms with Crippen molar-refractivity contribution in [3.05, 3.63) is 23.2 Å². The highest BCUT2D eigenvalue weighted by molar-refractivity contribution is 6.32. The number of ether oxygens (including phenoxy) is 1. The predicted octanol–water partition coefficient (Wildman–Crippen LogP) is 5.37. The van der Waals surface area contributed by atoms with E-state index in [9.17, 15) is 0 Å². The maximum atomic E-state index is 6.06. The van der Waals surface area contributed by atoms with Crippen LogP contribution < -0.4 is 10.1 Å². The first kappa shape index (κ1) is 15.5. The van der Waals surface area contributed by atoms with Gasteiger partial charge in [-0.15, -0.1) is 0 Å². The molecule has 1 aliphatic carbocycles. The van der Waals surface area contributed by atoms with Crippen molar-refractivity contribution in [2.45, 2.75) is 52.5 Å². The van der Waals surface area contributed by atoms with Crippen LogP contribution in [0.1, 0.15) is 46.5 Å². The van der Waals surface area contributed by atoms with Crippen molar-refractivity contribution in [3.8, 4) is 5.75 Å². The summed E-state index contributed by atoms with van der Waals surface area (Å²) < 4.78 is 5.26. The Morgan fingerprint density at radius 3 is 2.35 bits per heavy atom. The van der Waals surface area contributed by atoms with Gasteiger partial charge < -0.3 is 10.1 Å². The molecule has 0 spiro atoms. The molecule has 0 aliphatic heterocycles. The van der Waals surface area contributed by atoms with Gasteiger partial charge in [-0.05, 0) is 49.1 Å². The molecule has 1 aliphatic rings. The van der Waals surface area contributed by atoms with Gasteiger partial charge in [0.05, 0.1) is 12.1 Å². The van der Waals surface area contributed by atoms with E-state index in [0.29, 0.717) is 16.5 Å². The maximum Gasteiger partial charge on any atom is 0.139 e. The van der Waals surface area contributed by atoms with Gasteiger partial charge in [0.1, 0.15) is 5.75 Å². The van der Waals surface area contributed by atoms with E-state index < -0.39 is 0 Å². The van der Waals surface area contributed by atoms with E-state index in [2.05, 4.69) is 26.1 Å². The average Bonchev–Trinajstić information content (AvgIpc) is 2.40. The fourth-order valence-corrected chi connectivity index (χ4v) is 3.28. The molecule has 1 aromatic rings. The van der Waals surface area contributed by atoms with Crippen molar-refractivity contribution in [1.82, 2.24) is 0 Å². The largest absolute Gasteiger partial charge is 0.495 e. The van der Waals surface area contributed by atoms with Gasteiger partial charge in [-0.3, -0.25) is 0 Å². The summed E-state index contributed by atoms with van der Waals surface area (Å²) in [5.74, 6) is 1.58. The fraction of sp³-hybridized carbons (Fsp3) is 0.647. The summed E-state index contributed by atoms with van der Waals surface area (Å²) in [4.78, 5) is 0. The molecule has 1 saturated carbocycles. The number of rotatable bonds is 3. The number of hydrogen-bond donors (Lipinski definition) is 1. The standard InChI is InChI=1S/C17H26ClNO/c1-17(2,3)12-5-7-13(8-6-12)19-14-9-10-15(18)16(11-14)20-4/h9-13,19H,5-8H2,1-4H3. The van der Waals surface area contributed by atoms with E-state index in [1.807, 2.05) is 18.2 Å². The minimum atomic E-state index is 0.439. The Balaban J connectivity index is 1.93. The monoisotopic (exact) mass is 295 g/mol. The quantitative estimate of drug-likeness (QED) is 0.810. The number of benzene rings is 1. The Labute approximate surface area is 127 Å². The molecule has 0 aromatic heterocycles. The lowest BCUT2D eigenvalue weighted by Crippen LogP contribution is -2.31. The van der Waals surface area contributed by atoms with E-state index in [4.69, 9.17) is 16.3 Å². The Morgan fingerprint density at radius 2 is 1.80 bits per heavy atom. The first-order valence-corrected chi connectivity index (χ1v) is 7.88. The summed E-state index contributed by atoms with van der Waals surface area (Å²) in [5.41, 5.74) is 1.54. The number of methoxy groups -OCH3 is 1. The SMILES string of the molecule is COc1cc(NC2CCC(C(C)(C)C)CC2)ccc1Cl. The summed E-state index contributed by atoms with van der Waals surface area (Å²) in [6.07, 6.45) is 5.11. The van der Waals surface area contributed by atoms with Crippen molar-refractivity contribution in [1.29, 1.82) is 0 Å². The number of anilines is 1. The molecule has 2 nitrogen and oxygen atoms in total. The van der Waals surface area contributed by atoms with Crippen LogP contribution in [0.15, 0.2) is 18.2 Å². The molecule has 0 heterocycles. The molecule has 1 N–H and O–H groups in total. The molecule has 0 radical (unpaired) electrons. The summed E-state index contributed by atoms with van der Waals surface area (Å²) >= 11 is 6.06. The van der Waals surface area contributed by atoms with Crippen molar-refractivity contribution in [2.75, 3.05) is 12.4 Å². The second-order valence-electron chi connectivity index (χ2n) is 6.91. The zero-order chi connectivity index (χ0) is 14.8. The third kappa shape index (κ3) is 3.82. The molecule has 3 heteroatoms. The van der Waals surface area contributed by atoms with Gasteiger partial charge in [0.15, 0.2) is 0 Å². The second-order valence-corrected chi connectivity index (χ2v) is 7.32. The van der Waals surface area contributed by atoms with Crippen LogP contribution in [0.3, 0.4) is 0 Å². The lowest BCUT2D eigenvalue weighted by atomic mass is 9.71. The third-order valence-corrected chi connectivity index (χ3v) is 4.79. The van der Waals surface area contributed by atoms with Crippen molar-refractivity contribution < 1.29 is 4.74 Å². The number of halogens is 1. The highest BCUT2D eigenvalue weighted by Gasteiger charge is 2.29. The highest BCUT2D eigenvalue weighted by Crippen LogP contribution is 2.38. The minimum Gasteiger partial charge on any atom is -0.495 e. The van der Waals surface area contributed by atoms with Gasteiger partial charge in [0, 0.05) is 17.8 Å². The smallest absolute Gasteiger partial charge is 0.139 e. The summed E-state index contributed by atoms with van der Waals surface area (Å²) in [7, 11) is 1.65. The Kier molecular flexibility index (Phi) is 4.85. The summed E-state index contributed by atoms with van der Waals surface area (Å²) in [6, 6.07) is 6.47. The van der Waals surface area contributed by atoms with Gasteiger partial charge in [0.2, 0.25) is 0 Å². The van der Waals surface area contributed by atoms with Crippen LogP contribution in [0, 0.1) is 11.3 Å². The minimum absolute atomic E-state index is 0.439. The normalized spacial score (nSPS) is 23.4. The van der Waals surface area contributed by atoms with Crippen molar-refractivity contribution in [3.63, 3.8) is 0 Å². The molecule has 0 bridgehead atoms. The Bertz CT molecular complexity index is 445. The molecule has 112 valence electrons. The number of hydrogen-bond acceptors (Lipinski definition) is 2. The third-order valence-electron chi connectivity index (χ3n) is 4.47. The molecule has 0 saturated heterocycles. The summed E-state index contributed by atoms with van der Waals surface area (Å²) in [6.45, 7) is 7.07. The predicted molar refractivity (Wildman–Crippen MR) is 86.8 cm³/mol. The molecule has 2 rings (SSSR count). The number of nitrogens with one attached hydrogen (secondary N) is 1. The first-order chi connectivity index (χ1) is 9.40. The average molecular weight is 296 g/mol. The molecule has 0 amide bonds. The van der Waals surface area contributed by atoms with Crippen LogP contribution in [-0.4, -0.2) is 13.2 Å². The maximum absolute atomic E-state index is 6.06. The van der Waals surface area contributed by atoms with Crippen LogP contribution in [0.2, 0.25) is 5.02 Å². The molecular formula is C17H26ClNO. The van der Waals surface area contributed by atoms with Crippen LogP contribution in [0.5, 0.6) is 5.75 Å². The molecule has 0 atom stereocenters. The van der Waals surface area contributed by atoms with E-state index in [1.165, 1.54) is 25.7 Å². The van der Waals surface area contributed by atoms with Crippen LogP contribution >= 0.6 is 11.6 Å². The first-order valence-electron chi connectivity index (χ1n) is 7.50. The Morgan fingerprint density at radius 1 is 1.15 bits per heavy atom. The van der Waals surface area contributed by atoms with Gasteiger partial charge >= 0.3 is 0 Å². The zero-order valence-corrected chi connectivity index (χ0v) is 13.8. The highest BCUT2D eigenvalue weighted by atomic mass is 35.5. The van der Waals surface area contributed by atoms with Gasteiger partial charge in [-0.2, -0.15) is 0 Å². The lowest BCUT2D eigenvalue weighted by molar-refractivity contribution is 0.173. The molecule has 0 unspecified atom stereocenters. The topological polar surface area (TPSA) is 21.3 Å². The second kappa shape index (κ2) is 6.26. The van der Waals surface area contributed by atoms with E-state index in [-0.39, 0.29) is 0 Å². The van der Waals surface area contributed by atoms with E-state index >= 15 is 0 Å².